The molecule has 1 unspecified atom stereocenters. The average molecular weight is 324 g/mol. The lowest BCUT2D eigenvalue weighted by Gasteiger charge is -2.19. The van der Waals surface area contributed by atoms with E-state index in [9.17, 15) is 4.39 Å². The summed E-state index contributed by atoms with van der Waals surface area (Å²) in [6, 6.07) is 5.65. The third kappa shape index (κ3) is 2.87. The smallest absolute Gasteiger partial charge is 0.127 e. The quantitative estimate of drug-likeness (QED) is 0.831. The van der Waals surface area contributed by atoms with Gasteiger partial charge in [-0.05, 0) is 67.6 Å². The molecular formula is C17H19ClFNS. The van der Waals surface area contributed by atoms with E-state index < -0.39 is 0 Å². The normalized spacial score (nSPS) is 15.2. The van der Waals surface area contributed by atoms with Crippen molar-refractivity contribution >= 4 is 22.9 Å². The van der Waals surface area contributed by atoms with E-state index in [-0.39, 0.29) is 11.9 Å². The van der Waals surface area contributed by atoms with Crippen LogP contribution in [-0.4, -0.2) is 6.54 Å². The molecule has 0 saturated carbocycles. The summed E-state index contributed by atoms with van der Waals surface area (Å²) < 4.78 is 13.6. The minimum Gasteiger partial charge on any atom is -0.306 e. The molecule has 112 valence electrons. The Morgan fingerprint density at radius 3 is 2.86 bits per heavy atom. The van der Waals surface area contributed by atoms with Gasteiger partial charge in [0.15, 0.2) is 0 Å². The first-order valence-electron chi connectivity index (χ1n) is 7.40. The molecular weight excluding hydrogens is 305 g/mol. The predicted octanol–water partition coefficient (Wildman–Crippen LogP) is 5.04. The van der Waals surface area contributed by atoms with E-state index in [4.69, 9.17) is 11.6 Å². The van der Waals surface area contributed by atoms with Crippen LogP contribution in [0.4, 0.5) is 4.39 Å². The van der Waals surface area contributed by atoms with Gasteiger partial charge in [-0.3, -0.25) is 0 Å². The molecule has 0 aliphatic heterocycles. The molecule has 1 aromatic carbocycles. The summed E-state index contributed by atoms with van der Waals surface area (Å²) in [6.07, 6.45) is 3.64. The molecule has 0 amide bonds. The maximum atomic E-state index is 13.6. The number of halogens is 2. The summed E-state index contributed by atoms with van der Waals surface area (Å²) >= 11 is 8.17. The lowest BCUT2D eigenvalue weighted by Crippen LogP contribution is -2.21. The average Bonchev–Trinajstić information content (AvgIpc) is 3.01. The summed E-state index contributed by atoms with van der Waals surface area (Å²) in [5.74, 6) is -0.243. The summed E-state index contributed by atoms with van der Waals surface area (Å²) in [6.45, 7) is 4.71. The van der Waals surface area contributed by atoms with Gasteiger partial charge in [-0.25, -0.2) is 4.39 Å². The number of aryl methyl sites for hydroxylation is 3. The standard InChI is InChI=1S/C17H19ClFNS/c1-3-20-17(12-7-10(2)14(19)9-13(12)18)16-8-11-5-4-6-15(11)21-16/h7-9,17,20H,3-6H2,1-2H3. The highest BCUT2D eigenvalue weighted by atomic mass is 35.5. The van der Waals surface area contributed by atoms with Crippen LogP contribution in [0, 0.1) is 12.7 Å². The van der Waals surface area contributed by atoms with Gasteiger partial charge in [0, 0.05) is 14.8 Å². The minimum atomic E-state index is -0.243. The molecule has 1 atom stereocenters. The van der Waals surface area contributed by atoms with Crippen LogP contribution in [0.2, 0.25) is 5.02 Å². The summed E-state index contributed by atoms with van der Waals surface area (Å²) in [5, 5.41) is 3.99. The van der Waals surface area contributed by atoms with Crippen LogP contribution < -0.4 is 5.32 Å². The second-order valence-electron chi connectivity index (χ2n) is 5.56. The van der Waals surface area contributed by atoms with Crippen molar-refractivity contribution in [2.75, 3.05) is 6.54 Å². The van der Waals surface area contributed by atoms with Crippen molar-refractivity contribution in [1.29, 1.82) is 0 Å². The molecule has 1 aliphatic carbocycles. The number of fused-ring (bicyclic) bond motifs is 1. The van der Waals surface area contributed by atoms with Gasteiger partial charge in [0.05, 0.1) is 6.04 Å². The second kappa shape index (κ2) is 6.07. The Bertz CT molecular complexity index is 644. The van der Waals surface area contributed by atoms with Crippen LogP contribution >= 0.6 is 22.9 Å². The first kappa shape index (κ1) is 15.0. The van der Waals surface area contributed by atoms with Crippen molar-refractivity contribution in [1.82, 2.24) is 5.32 Å². The number of hydrogen-bond donors (Lipinski definition) is 1. The van der Waals surface area contributed by atoms with E-state index in [1.165, 1.54) is 40.6 Å². The first-order valence-corrected chi connectivity index (χ1v) is 8.60. The second-order valence-corrected chi connectivity index (χ2v) is 7.14. The molecule has 1 aliphatic rings. The summed E-state index contributed by atoms with van der Waals surface area (Å²) in [7, 11) is 0. The van der Waals surface area contributed by atoms with Crippen LogP contribution in [0.1, 0.15) is 45.8 Å². The van der Waals surface area contributed by atoms with E-state index in [0.29, 0.717) is 10.6 Å². The Kier molecular flexibility index (Phi) is 4.34. The Morgan fingerprint density at radius 2 is 2.14 bits per heavy atom. The van der Waals surface area contributed by atoms with Gasteiger partial charge < -0.3 is 5.32 Å². The Labute approximate surface area is 134 Å². The third-order valence-electron chi connectivity index (χ3n) is 4.05. The fourth-order valence-corrected chi connectivity index (χ4v) is 4.57. The van der Waals surface area contributed by atoms with Gasteiger partial charge in [-0.1, -0.05) is 18.5 Å². The fraction of sp³-hybridized carbons (Fsp3) is 0.412. The van der Waals surface area contributed by atoms with Crippen LogP contribution in [0.15, 0.2) is 18.2 Å². The van der Waals surface area contributed by atoms with Crippen LogP contribution in [0.5, 0.6) is 0 Å². The first-order chi connectivity index (χ1) is 10.1. The van der Waals surface area contributed by atoms with Crippen LogP contribution in [0.25, 0.3) is 0 Å². The molecule has 0 radical (unpaired) electrons. The van der Waals surface area contributed by atoms with Crippen molar-refractivity contribution in [2.24, 2.45) is 0 Å². The Hall–Kier alpha value is -0.900. The molecule has 1 heterocycles. The topological polar surface area (TPSA) is 12.0 Å². The molecule has 2 aromatic rings. The lowest BCUT2D eigenvalue weighted by atomic mass is 10.0. The number of hydrogen-bond acceptors (Lipinski definition) is 2. The fourth-order valence-electron chi connectivity index (χ4n) is 2.96. The summed E-state index contributed by atoms with van der Waals surface area (Å²) in [5.41, 5.74) is 3.09. The van der Waals surface area contributed by atoms with Crippen molar-refractivity contribution in [3.8, 4) is 0 Å². The lowest BCUT2D eigenvalue weighted by molar-refractivity contribution is 0.609. The number of nitrogens with one attached hydrogen (secondary N) is 1. The van der Waals surface area contributed by atoms with Crippen molar-refractivity contribution in [2.45, 2.75) is 39.2 Å². The molecule has 0 fully saturated rings. The van der Waals surface area contributed by atoms with E-state index in [2.05, 4.69) is 18.3 Å². The van der Waals surface area contributed by atoms with E-state index >= 15 is 0 Å². The van der Waals surface area contributed by atoms with Gasteiger partial charge >= 0.3 is 0 Å². The zero-order valence-electron chi connectivity index (χ0n) is 12.3. The molecule has 0 bridgehead atoms. The van der Waals surface area contributed by atoms with Gasteiger partial charge in [-0.2, -0.15) is 0 Å². The van der Waals surface area contributed by atoms with Crippen molar-refractivity contribution in [3.63, 3.8) is 0 Å². The largest absolute Gasteiger partial charge is 0.306 e. The van der Waals surface area contributed by atoms with Gasteiger partial charge in [0.1, 0.15) is 5.82 Å². The molecule has 3 rings (SSSR count). The molecule has 1 N–H and O–H groups in total. The minimum absolute atomic E-state index is 0.0531. The van der Waals surface area contributed by atoms with Crippen LogP contribution in [0.3, 0.4) is 0 Å². The highest BCUT2D eigenvalue weighted by molar-refractivity contribution is 7.12. The van der Waals surface area contributed by atoms with E-state index in [1.807, 2.05) is 17.4 Å². The Morgan fingerprint density at radius 1 is 1.33 bits per heavy atom. The highest BCUT2D eigenvalue weighted by Gasteiger charge is 2.23. The molecule has 0 saturated heterocycles. The van der Waals surface area contributed by atoms with E-state index in [1.54, 1.807) is 6.92 Å². The monoisotopic (exact) mass is 323 g/mol. The van der Waals surface area contributed by atoms with Crippen LogP contribution in [-0.2, 0) is 12.8 Å². The summed E-state index contributed by atoms with van der Waals surface area (Å²) in [4.78, 5) is 2.79. The molecule has 0 spiro atoms. The number of rotatable bonds is 4. The maximum absolute atomic E-state index is 13.6. The molecule has 1 aromatic heterocycles. The van der Waals surface area contributed by atoms with Gasteiger partial charge in [0.25, 0.3) is 0 Å². The van der Waals surface area contributed by atoms with Gasteiger partial charge in [0.2, 0.25) is 0 Å². The maximum Gasteiger partial charge on any atom is 0.127 e. The van der Waals surface area contributed by atoms with E-state index in [0.717, 1.165) is 12.1 Å². The Balaban J connectivity index is 2.03. The van der Waals surface area contributed by atoms with Crippen molar-refractivity contribution < 1.29 is 4.39 Å². The predicted molar refractivity (Wildman–Crippen MR) is 88.0 cm³/mol. The molecule has 21 heavy (non-hydrogen) atoms. The number of thiophene rings is 1. The molecule has 1 nitrogen and oxygen atoms in total. The van der Waals surface area contributed by atoms with Crippen molar-refractivity contribution in [3.05, 3.63) is 55.5 Å². The number of benzene rings is 1. The third-order valence-corrected chi connectivity index (χ3v) is 5.68. The SMILES string of the molecule is CCNC(c1cc2c(s1)CCC2)c1cc(C)c(F)cc1Cl. The highest BCUT2D eigenvalue weighted by Crippen LogP contribution is 2.38. The zero-order valence-corrected chi connectivity index (χ0v) is 13.9. The van der Waals surface area contributed by atoms with Gasteiger partial charge in [-0.15, -0.1) is 11.3 Å². The zero-order chi connectivity index (χ0) is 15.0. The molecule has 4 heteroatoms.